The van der Waals surface area contributed by atoms with Crippen LogP contribution in [0.25, 0.3) is 10.9 Å². The third-order valence-electron chi connectivity index (χ3n) is 5.18. The molecule has 4 rings (SSSR count). The molecule has 33 heavy (non-hydrogen) atoms. The number of carbonyl (C=O) groups is 1. The fourth-order valence-electron chi connectivity index (χ4n) is 3.56. The molecule has 0 aliphatic carbocycles. The normalized spacial score (nSPS) is 12.3. The van der Waals surface area contributed by atoms with Crippen LogP contribution in [-0.4, -0.2) is 59.5 Å². The number of aromatic nitrogens is 1. The number of anilines is 1. The van der Waals surface area contributed by atoms with Crippen LogP contribution in [-0.2, 0) is 11.3 Å². The summed E-state index contributed by atoms with van der Waals surface area (Å²) >= 11 is 5.53. The van der Waals surface area contributed by atoms with Gasteiger partial charge in [-0.1, -0.05) is 12.1 Å². The number of pyridine rings is 1. The Morgan fingerprint density at radius 2 is 1.94 bits per heavy atom. The van der Waals surface area contributed by atoms with E-state index < -0.39 is 5.97 Å². The summed E-state index contributed by atoms with van der Waals surface area (Å²) in [6, 6.07) is 12.1. The average Bonchev–Trinajstić information content (AvgIpc) is 2.82. The van der Waals surface area contributed by atoms with E-state index in [1.807, 2.05) is 6.07 Å². The average molecular weight is 470 g/mol. The largest absolute Gasteiger partial charge is 0.486 e. The van der Waals surface area contributed by atoms with Crippen molar-refractivity contribution in [1.82, 2.24) is 9.88 Å². The van der Waals surface area contributed by atoms with Crippen molar-refractivity contribution < 1.29 is 24.1 Å². The fraction of sp³-hybridized carbons (Fsp3) is 0.261. The predicted molar refractivity (Wildman–Crippen MR) is 127 cm³/mol. The molecular weight excluding hydrogens is 446 g/mol. The Kier molecular flexibility index (Phi) is 6.76. The zero-order chi connectivity index (χ0) is 23.4. The van der Waals surface area contributed by atoms with Gasteiger partial charge in [0.2, 0.25) is 0 Å². The summed E-state index contributed by atoms with van der Waals surface area (Å²) in [5, 5.41) is 13.6. The zero-order valence-electron chi connectivity index (χ0n) is 17.9. The molecular formula is C23H23N3O6S. The lowest BCUT2D eigenvalue weighted by Gasteiger charge is -2.25. The van der Waals surface area contributed by atoms with Crippen LogP contribution in [0.3, 0.4) is 0 Å². The molecule has 0 saturated carbocycles. The number of nitrogens with one attached hydrogen (secondary N) is 2. The second-order valence-corrected chi connectivity index (χ2v) is 7.71. The number of carbonyl (C=O) groups excluding carboxylic acids is 1. The van der Waals surface area contributed by atoms with Crippen LogP contribution in [0.15, 0.2) is 47.3 Å². The summed E-state index contributed by atoms with van der Waals surface area (Å²) in [5.74, 6) is 0.708. The minimum atomic E-state index is -0.505. The number of methoxy groups -OCH3 is 1. The van der Waals surface area contributed by atoms with Crippen molar-refractivity contribution in [2.24, 2.45) is 0 Å². The van der Waals surface area contributed by atoms with Crippen LogP contribution in [0.1, 0.15) is 15.9 Å². The van der Waals surface area contributed by atoms with Gasteiger partial charge in [-0.2, -0.15) is 0 Å². The minimum Gasteiger partial charge on any atom is -0.486 e. The van der Waals surface area contributed by atoms with Gasteiger partial charge in [-0.3, -0.25) is 4.79 Å². The number of hydrogen-bond donors (Lipinski definition) is 3. The summed E-state index contributed by atoms with van der Waals surface area (Å²) in [6.45, 7) is 1.08. The standard InChI is InChI=1S/C23H23N3O6S/c1-30-22(29)16-4-2-3-5-17(16)25-23(33)26(6-7-27)13-15-10-14-11-19-20(32-9-8-31-19)12-18(14)24-21(15)28/h2-5,10-12,27H,6-9,13H2,1H3,(H,24,28)(H,25,33). The molecule has 1 aromatic heterocycles. The Morgan fingerprint density at radius 3 is 2.67 bits per heavy atom. The molecule has 0 radical (unpaired) electrons. The number of para-hydroxylation sites is 1. The van der Waals surface area contributed by atoms with Crippen molar-refractivity contribution in [3.63, 3.8) is 0 Å². The Hall–Kier alpha value is -3.63. The first-order chi connectivity index (χ1) is 16.0. The number of fused-ring (bicyclic) bond motifs is 2. The number of benzene rings is 2. The summed E-state index contributed by atoms with van der Waals surface area (Å²) < 4.78 is 16.0. The highest BCUT2D eigenvalue weighted by molar-refractivity contribution is 7.80. The summed E-state index contributed by atoms with van der Waals surface area (Å²) in [4.78, 5) is 29.3. The van der Waals surface area contributed by atoms with E-state index in [0.717, 1.165) is 5.39 Å². The number of hydrogen-bond acceptors (Lipinski definition) is 7. The molecule has 1 aliphatic heterocycles. The first-order valence-corrected chi connectivity index (χ1v) is 10.7. The number of nitrogens with zero attached hydrogens (tertiary/aromatic N) is 1. The van der Waals surface area contributed by atoms with Gasteiger partial charge >= 0.3 is 5.97 Å². The van der Waals surface area contributed by atoms with Gasteiger partial charge < -0.3 is 34.5 Å². The van der Waals surface area contributed by atoms with Crippen LogP contribution < -0.4 is 20.3 Å². The van der Waals surface area contributed by atoms with Crippen molar-refractivity contribution in [2.45, 2.75) is 6.54 Å². The number of aliphatic hydroxyl groups is 1. The number of rotatable bonds is 6. The van der Waals surface area contributed by atoms with Crippen molar-refractivity contribution in [2.75, 3.05) is 38.8 Å². The van der Waals surface area contributed by atoms with Crippen molar-refractivity contribution in [3.05, 3.63) is 63.9 Å². The number of H-pyrrole nitrogens is 1. The highest BCUT2D eigenvalue weighted by Crippen LogP contribution is 2.33. The third kappa shape index (κ3) is 4.91. The monoisotopic (exact) mass is 469 g/mol. The van der Waals surface area contributed by atoms with Crippen LogP contribution in [0.5, 0.6) is 11.5 Å². The lowest BCUT2D eigenvalue weighted by Crippen LogP contribution is -2.38. The van der Waals surface area contributed by atoms with Crippen LogP contribution in [0.4, 0.5) is 5.69 Å². The smallest absolute Gasteiger partial charge is 0.339 e. The molecule has 0 amide bonds. The zero-order valence-corrected chi connectivity index (χ0v) is 18.7. The van der Waals surface area contributed by atoms with Gasteiger partial charge in [-0.05, 0) is 36.5 Å². The Morgan fingerprint density at radius 1 is 1.21 bits per heavy atom. The molecule has 0 atom stereocenters. The second-order valence-electron chi connectivity index (χ2n) is 7.32. The van der Waals surface area contributed by atoms with Crippen molar-refractivity contribution in [3.8, 4) is 11.5 Å². The van der Waals surface area contributed by atoms with Gasteiger partial charge in [0.15, 0.2) is 16.6 Å². The van der Waals surface area contributed by atoms with Gasteiger partial charge in [-0.15, -0.1) is 0 Å². The van der Waals surface area contributed by atoms with Gasteiger partial charge in [0.25, 0.3) is 5.56 Å². The maximum atomic E-state index is 12.8. The lowest BCUT2D eigenvalue weighted by molar-refractivity contribution is 0.0602. The van der Waals surface area contributed by atoms with Gasteiger partial charge in [0.05, 0.1) is 37.0 Å². The van der Waals surface area contributed by atoms with E-state index in [1.165, 1.54) is 7.11 Å². The number of thiocarbonyl (C=S) groups is 1. The highest BCUT2D eigenvalue weighted by Gasteiger charge is 2.18. The Labute approximate surface area is 194 Å². The number of aliphatic hydroxyl groups excluding tert-OH is 1. The van der Waals surface area contributed by atoms with Crippen molar-refractivity contribution in [1.29, 1.82) is 0 Å². The number of ether oxygens (including phenoxy) is 3. The maximum absolute atomic E-state index is 12.8. The van der Waals surface area contributed by atoms with E-state index in [4.69, 9.17) is 26.4 Å². The molecule has 1 aliphatic rings. The molecule has 0 saturated heterocycles. The topological polar surface area (TPSA) is 113 Å². The molecule has 10 heteroatoms. The predicted octanol–water partition coefficient (Wildman–Crippen LogP) is 2.28. The van der Waals surface area contributed by atoms with E-state index in [1.54, 1.807) is 41.3 Å². The fourth-order valence-corrected chi connectivity index (χ4v) is 3.82. The SMILES string of the molecule is COC(=O)c1ccccc1NC(=S)N(CCO)Cc1cc2cc3c(cc2[nH]c1=O)OCCO3. The van der Waals surface area contributed by atoms with Gasteiger partial charge in [0.1, 0.15) is 13.2 Å². The maximum Gasteiger partial charge on any atom is 0.339 e. The molecule has 3 N–H and O–H groups in total. The first kappa shape index (κ1) is 22.6. The molecule has 2 aromatic carbocycles. The van der Waals surface area contributed by atoms with Crippen LogP contribution in [0.2, 0.25) is 0 Å². The summed E-state index contributed by atoms with van der Waals surface area (Å²) in [5.41, 5.74) is 1.60. The molecule has 3 aromatic rings. The highest BCUT2D eigenvalue weighted by atomic mass is 32.1. The van der Waals surface area contributed by atoms with Crippen LogP contribution >= 0.6 is 12.2 Å². The molecule has 0 fully saturated rings. The molecule has 2 heterocycles. The molecule has 0 spiro atoms. The molecule has 9 nitrogen and oxygen atoms in total. The van der Waals surface area contributed by atoms with E-state index in [9.17, 15) is 14.7 Å². The molecule has 0 unspecified atom stereocenters. The number of esters is 1. The lowest BCUT2D eigenvalue weighted by atomic mass is 10.1. The Bertz CT molecular complexity index is 1260. The quantitative estimate of drug-likeness (QED) is 0.370. The van der Waals surface area contributed by atoms with E-state index in [-0.39, 0.29) is 30.4 Å². The van der Waals surface area contributed by atoms with E-state index in [0.29, 0.717) is 47.0 Å². The molecule has 172 valence electrons. The number of aromatic amines is 1. The van der Waals surface area contributed by atoms with E-state index in [2.05, 4.69) is 10.3 Å². The third-order valence-corrected chi connectivity index (χ3v) is 5.54. The molecule has 0 bridgehead atoms. The Balaban J connectivity index is 1.60. The van der Waals surface area contributed by atoms with Crippen LogP contribution in [0, 0.1) is 0 Å². The summed E-state index contributed by atoms with van der Waals surface area (Å²) in [6.07, 6.45) is 0. The van der Waals surface area contributed by atoms with Gasteiger partial charge in [-0.25, -0.2) is 4.79 Å². The summed E-state index contributed by atoms with van der Waals surface area (Å²) in [7, 11) is 1.30. The van der Waals surface area contributed by atoms with Gasteiger partial charge in [0, 0.05) is 23.6 Å². The van der Waals surface area contributed by atoms with E-state index >= 15 is 0 Å². The first-order valence-electron chi connectivity index (χ1n) is 10.3. The van der Waals surface area contributed by atoms with Crippen molar-refractivity contribution >= 4 is 39.9 Å². The minimum absolute atomic E-state index is 0.145. The second kappa shape index (κ2) is 9.88.